The highest BCUT2D eigenvalue weighted by Crippen LogP contribution is 2.18. The molecule has 2 nitrogen and oxygen atoms in total. The summed E-state index contributed by atoms with van der Waals surface area (Å²) in [5.74, 6) is 3.33. The molecule has 0 aromatic heterocycles. The van der Waals surface area contributed by atoms with Crippen LogP contribution in [0.3, 0.4) is 0 Å². The molecule has 0 aliphatic carbocycles. The Hall–Kier alpha value is -1.08. The monoisotopic (exact) mass is 247 g/mol. The lowest BCUT2D eigenvalue weighted by Gasteiger charge is -2.18. The molecule has 2 atom stereocenters. The topological polar surface area (TPSA) is 32.3 Å². The number of hydrogen-bond donors (Lipinski definition) is 2. The summed E-state index contributed by atoms with van der Waals surface area (Å²) in [6.07, 6.45) is 0. The quantitative estimate of drug-likeness (QED) is 0.489. The van der Waals surface area contributed by atoms with Crippen LogP contribution in [0.1, 0.15) is 18.4 Å². The van der Waals surface area contributed by atoms with Crippen LogP contribution in [0.15, 0.2) is 30.3 Å². The van der Waals surface area contributed by atoms with E-state index in [2.05, 4.69) is 55.6 Å². The van der Waals surface area contributed by atoms with E-state index in [1.165, 1.54) is 5.56 Å². The molecule has 0 saturated carbocycles. The zero-order chi connectivity index (χ0) is 12.9. The van der Waals surface area contributed by atoms with Gasteiger partial charge in [0, 0.05) is 5.92 Å². The van der Waals surface area contributed by atoms with Crippen molar-refractivity contribution in [3.8, 4) is 11.5 Å². The fraction of sp³-hybridized carbons (Fsp3) is 0.429. The van der Waals surface area contributed by atoms with Crippen molar-refractivity contribution in [2.45, 2.75) is 38.5 Å². The molecule has 92 valence electrons. The van der Waals surface area contributed by atoms with Crippen LogP contribution in [0.25, 0.3) is 0 Å². The molecule has 0 aliphatic rings. The predicted molar refractivity (Wildman–Crippen MR) is 74.7 cm³/mol. The van der Waals surface area contributed by atoms with Gasteiger partial charge in [-0.25, -0.2) is 0 Å². The molecule has 0 amide bonds. The Morgan fingerprint density at radius 3 is 2.24 bits per heavy atom. The highest BCUT2D eigenvalue weighted by Gasteiger charge is 2.16. The molecule has 1 rings (SSSR count). The van der Waals surface area contributed by atoms with Gasteiger partial charge in [-0.15, -0.1) is 5.54 Å². The molecule has 0 spiro atoms. The van der Waals surface area contributed by atoms with Crippen molar-refractivity contribution in [2.75, 3.05) is 0 Å². The molecule has 0 saturated heterocycles. The third-order valence-electron chi connectivity index (χ3n) is 2.57. The Balaban J connectivity index is 2.84. The Morgan fingerprint density at radius 2 is 1.76 bits per heavy atom. The highest BCUT2D eigenvalue weighted by atomic mass is 28.3. The van der Waals surface area contributed by atoms with E-state index in [-0.39, 0.29) is 12.0 Å². The second-order valence-corrected chi connectivity index (χ2v) is 10.1. The second-order valence-electron chi connectivity index (χ2n) is 5.33. The van der Waals surface area contributed by atoms with Gasteiger partial charge in [0.1, 0.15) is 8.07 Å². The first kappa shape index (κ1) is 14.0. The van der Waals surface area contributed by atoms with Crippen LogP contribution in [0, 0.1) is 11.5 Å². The molecule has 0 aliphatic heterocycles. The Kier molecular flexibility index (Phi) is 4.95. The molecule has 2 unspecified atom stereocenters. The molecule has 17 heavy (non-hydrogen) atoms. The van der Waals surface area contributed by atoms with Crippen LogP contribution < -0.4 is 5.48 Å². The molecular weight excluding hydrogens is 226 g/mol. The number of benzene rings is 1. The minimum absolute atomic E-state index is 0.171. The van der Waals surface area contributed by atoms with E-state index in [0.29, 0.717) is 0 Å². The molecule has 3 heteroatoms. The Labute approximate surface area is 105 Å². The third kappa shape index (κ3) is 4.74. The number of hydroxylamine groups is 1. The minimum atomic E-state index is -1.40. The lowest BCUT2D eigenvalue weighted by molar-refractivity contribution is 0.138. The zero-order valence-corrected chi connectivity index (χ0v) is 12.0. The molecule has 2 N–H and O–H groups in total. The van der Waals surface area contributed by atoms with Crippen LogP contribution in [0.5, 0.6) is 0 Å². The van der Waals surface area contributed by atoms with Crippen molar-refractivity contribution >= 4 is 8.07 Å². The van der Waals surface area contributed by atoms with Crippen LogP contribution in [-0.2, 0) is 0 Å². The van der Waals surface area contributed by atoms with Gasteiger partial charge in [0.15, 0.2) is 0 Å². The van der Waals surface area contributed by atoms with Crippen molar-refractivity contribution in [3.63, 3.8) is 0 Å². The summed E-state index contributed by atoms with van der Waals surface area (Å²) < 4.78 is 0. The summed E-state index contributed by atoms with van der Waals surface area (Å²) >= 11 is 0. The van der Waals surface area contributed by atoms with Gasteiger partial charge in [-0.3, -0.25) is 0 Å². The van der Waals surface area contributed by atoms with Crippen LogP contribution in [0.4, 0.5) is 0 Å². The van der Waals surface area contributed by atoms with Crippen LogP contribution >= 0.6 is 0 Å². The van der Waals surface area contributed by atoms with Gasteiger partial charge in [-0.1, -0.05) is 62.8 Å². The normalized spacial score (nSPS) is 14.6. The SMILES string of the molecule is CC(c1ccccc1)C(C#C[Si](C)(C)C)NO. The van der Waals surface area contributed by atoms with E-state index in [4.69, 9.17) is 0 Å². The summed E-state index contributed by atoms with van der Waals surface area (Å²) in [4.78, 5) is 0. The van der Waals surface area contributed by atoms with Gasteiger partial charge >= 0.3 is 0 Å². The molecule has 1 aromatic rings. The van der Waals surface area contributed by atoms with Gasteiger partial charge in [-0.2, -0.15) is 5.48 Å². The van der Waals surface area contributed by atoms with Gasteiger partial charge in [0.2, 0.25) is 0 Å². The van der Waals surface area contributed by atoms with Gasteiger partial charge in [-0.05, 0) is 5.56 Å². The first-order chi connectivity index (χ1) is 7.94. The van der Waals surface area contributed by atoms with Crippen LogP contribution in [-0.4, -0.2) is 19.3 Å². The first-order valence-corrected chi connectivity index (χ1v) is 9.41. The number of hydrogen-bond acceptors (Lipinski definition) is 2. The maximum absolute atomic E-state index is 9.22. The maximum atomic E-state index is 9.22. The van der Waals surface area contributed by atoms with E-state index in [0.717, 1.165) is 0 Å². The van der Waals surface area contributed by atoms with Crippen molar-refractivity contribution in [2.24, 2.45) is 0 Å². The molecule has 0 bridgehead atoms. The predicted octanol–water partition coefficient (Wildman–Crippen LogP) is 3.02. The van der Waals surface area contributed by atoms with E-state index in [1.807, 2.05) is 18.2 Å². The fourth-order valence-electron chi connectivity index (χ4n) is 1.51. The van der Waals surface area contributed by atoms with Crippen LogP contribution in [0.2, 0.25) is 19.6 Å². The largest absolute Gasteiger partial charge is 0.316 e. The Bertz CT molecular complexity index is 400. The molecular formula is C14H21NOSi. The fourth-order valence-corrected chi connectivity index (χ4v) is 2.10. The summed E-state index contributed by atoms with van der Waals surface area (Å²) in [6, 6.07) is 9.92. The molecule has 1 aromatic carbocycles. The lowest BCUT2D eigenvalue weighted by atomic mass is 9.94. The van der Waals surface area contributed by atoms with Gasteiger partial charge < -0.3 is 5.21 Å². The van der Waals surface area contributed by atoms with Gasteiger partial charge in [0.05, 0.1) is 6.04 Å². The second kappa shape index (κ2) is 6.01. The van der Waals surface area contributed by atoms with E-state index < -0.39 is 8.07 Å². The smallest absolute Gasteiger partial charge is 0.129 e. The highest BCUT2D eigenvalue weighted by molar-refractivity contribution is 6.83. The first-order valence-electron chi connectivity index (χ1n) is 5.91. The van der Waals surface area contributed by atoms with Gasteiger partial charge in [0.25, 0.3) is 0 Å². The number of nitrogens with one attached hydrogen (secondary N) is 1. The van der Waals surface area contributed by atoms with Crippen molar-refractivity contribution < 1.29 is 5.21 Å². The summed E-state index contributed by atoms with van der Waals surface area (Å²) in [5, 5.41) is 9.22. The summed E-state index contributed by atoms with van der Waals surface area (Å²) in [7, 11) is -1.40. The molecule has 0 radical (unpaired) electrons. The molecule has 0 heterocycles. The Morgan fingerprint density at radius 1 is 1.18 bits per heavy atom. The summed E-state index contributed by atoms with van der Waals surface area (Å²) in [6.45, 7) is 8.66. The average molecular weight is 247 g/mol. The van der Waals surface area contributed by atoms with Crippen molar-refractivity contribution in [1.29, 1.82) is 0 Å². The zero-order valence-electron chi connectivity index (χ0n) is 11.0. The number of rotatable bonds is 3. The van der Waals surface area contributed by atoms with E-state index in [9.17, 15) is 5.21 Å². The van der Waals surface area contributed by atoms with E-state index in [1.54, 1.807) is 0 Å². The van der Waals surface area contributed by atoms with Crippen molar-refractivity contribution in [3.05, 3.63) is 35.9 Å². The summed E-state index contributed by atoms with van der Waals surface area (Å²) in [5.41, 5.74) is 6.80. The molecule has 0 fully saturated rings. The maximum Gasteiger partial charge on any atom is 0.129 e. The minimum Gasteiger partial charge on any atom is -0.316 e. The average Bonchev–Trinajstić information content (AvgIpc) is 2.29. The third-order valence-corrected chi connectivity index (χ3v) is 3.46. The lowest BCUT2D eigenvalue weighted by Crippen LogP contribution is -2.31. The van der Waals surface area contributed by atoms with Crippen molar-refractivity contribution in [1.82, 2.24) is 5.48 Å². The standard InChI is InChI=1S/C14H21NOSi/c1-12(13-8-6-5-7-9-13)14(15-16)10-11-17(2,3)4/h5-9,12,14-16H,1-4H3. The van der Waals surface area contributed by atoms with E-state index >= 15 is 0 Å².